The van der Waals surface area contributed by atoms with E-state index in [4.69, 9.17) is 0 Å². The van der Waals surface area contributed by atoms with E-state index in [1.165, 1.54) is 17.4 Å². The molecule has 0 aromatic heterocycles. The highest BCUT2D eigenvalue weighted by Gasteiger charge is 2.14. The van der Waals surface area contributed by atoms with Crippen LogP contribution < -0.4 is 10.6 Å². The van der Waals surface area contributed by atoms with Gasteiger partial charge in [-0.15, -0.1) is 24.0 Å². The fourth-order valence-corrected chi connectivity index (χ4v) is 3.13. The Balaban J connectivity index is 0.00000364. The van der Waals surface area contributed by atoms with Crippen molar-refractivity contribution < 1.29 is 8.42 Å². The van der Waals surface area contributed by atoms with Gasteiger partial charge in [-0.05, 0) is 18.1 Å². The molecule has 0 fully saturated rings. The zero-order valence-corrected chi connectivity index (χ0v) is 18.9. The van der Waals surface area contributed by atoms with Crippen molar-refractivity contribution in [2.24, 2.45) is 4.99 Å². The van der Waals surface area contributed by atoms with Crippen molar-refractivity contribution in [3.05, 3.63) is 71.8 Å². The van der Waals surface area contributed by atoms with Gasteiger partial charge in [0.15, 0.2) is 5.96 Å². The van der Waals surface area contributed by atoms with Gasteiger partial charge in [0, 0.05) is 25.3 Å². The fourth-order valence-electron chi connectivity index (χ4n) is 2.65. The maximum Gasteiger partial charge on any atom is 0.191 e. The highest BCUT2D eigenvalue weighted by Crippen LogP contribution is 2.24. The number of benzene rings is 2. The van der Waals surface area contributed by atoms with Crippen molar-refractivity contribution in [1.82, 2.24) is 10.6 Å². The van der Waals surface area contributed by atoms with E-state index >= 15 is 0 Å². The summed E-state index contributed by atoms with van der Waals surface area (Å²) in [4.78, 5) is 4.69. The summed E-state index contributed by atoms with van der Waals surface area (Å²) in [6.45, 7) is 3.61. The Morgan fingerprint density at radius 3 is 1.93 bits per heavy atom. The molecule has 2 N–H and O–H groups in total. The fraction of sp³-hybridized carbons (Fsp3) is 0.350. The SMILES string of the molecule is CCNC(=NCC(c1ccccc1)c1ccccc1)NCCS(C)(=O)=O.I. The van der Waals surface area contributed by atoms with Gasteiger partial charge in [-0.3, -0.25) is 4.99 Å². The molecule has 0 aliphatic rings. The molecule has 0 atom stereocenters. The van der Waals surface area contributed by atoms with E-state index in [1.807, 2.05) is 43.3 Å². The lowest BCUT2D eigenvalue weighted by molar-refractivity contribution is 0.600. The topological polar surface area (TPSA) is 70.6 Å². The molecular weight excluding hydrogens is 473 g/mol. The maximum absolute atomic E-state index is 11.3. The molecule has 0 saturated carbocycles. The monoisotopic (exact) mass is 501 g/mol. The van der Waals surface area contributed by atoms with E-state index in [0.717, 1.165) is 0 Å². The predicted octanol–water partition coefficient (Wildman–Crippen LogP) is 3.04. The molecule has 2 rings (SSSR count). The van der Waals surface area contributed by atoms with Gasteiger partial charge in [0.25, 0.3) is 0 Å². The second kappa shape index (κ2) is 12.0. The number of hydrogen-bond donors (Lipinski definition) is 2. The Morgan fingerprint density at radius 2 is 1.48 bits per heavy atom. The molecule has 0 aliphatic heterocycles. The van der Waals surface area contributed by atoms with Crippen LogP contribution in [0.5, 0.6) is 0 Å². The summed E-state index contributed by atoms with van der Waals surface area (Å²) in [5.74, 6) is 0.855. The maximum atomic E-state index is 11.3. The summed E-state index contributed by atoms with van der Waals surface area (Å²) < 4.78 is 22.6. The first-order valence-electron chi connectivity index (χ1n) is 8.79. The van der Waals surface area contributed by atoms with E-state index in [-0.39, 0.29) is 35.6 Å². The lowest BCUT2D eigenvalue weighted by Gasteiger charge is -2.17. The molecule has 2 aromatic carbocycles. The predicted molar refractivity (Wildman–Crippen MR) is 124 cm³/mol. The first kappa shape index (κ1) is 23.4. The molecule has 0 heterocycles. The third-order valence-corrected chi connectivity index (χ3v) is 4.89. The van der Waals surface area contributed by atoms with E-state index in [9.17, 15) is 8.42 Å². The minimum atomic E-state index is -3.00. The van der Waals surface area contributed by atoms with Crippen LogP contribution in [0, 0.1) is 0 Å². The van der Waals surface area contributed by atoms with Crippen molar-refractivity contribution in [1.29, 1.82) is 0 Å². The summed E-state index contributed by atoms with van der Waals surface area (Å²) >= 11 is 0. The molecule has 0 unspecified atom stereocenters. The Morgan fingerprint density at radius 1 is 0.963 bits per heavy atom. The van der Waals surface area contributed by atoms with Gasteiger partial charge in [0.2, 0.25) is 0 Å². The molecule has 5 nitrogen and oxygen atoms in total. The van der Waals surface area contributed by atoms with Crippen LogP contribution in [0.15, 0.2) is 65.7 Å². The largest absolute Gasteiger partial charge is 0.357 e. The molecule has 0 radical (unpaired) electrons. The quantitative estimate of drug-likeness (QED) is 0.332. The van der Waals surface area contributed by atoms with Crippen molar-refractivity contribution in [3.63, 3.8) is 0 Å². The van der Waals surface area contributed by atoms with Gasteiger partial charge in [0.05, 0.1) is 12.3 Å². The van der Waals surface area contributed by atoms with Crippen LogP contribution in [0.3, 0.4) is 0 Å². The van der Waals surface area contributed by atoms with Gasteiger partial charge < -0.3 is 10.6 Å². The number of guanidine groups is 1. The van der Waals surface area contributed by atoms with E-state index < -0.39 is 9.84 Å². The number of hydrogen-bond acceptors (Lipinski definition) is 3. The minimum Gasteiger partial charge on any atom is -0.357 e. The second-order valence-electron chi connectivity index (χ2n) is 6.15. The van der Waals surface area contributed by atoms with Crippen LogP contribution in [0.2, 0.25) is 0 Å². The van der Waals surface area contributed by atoms with Gasteiger partial charge in [-0.2, -0.15) is 0 Å². The minimum absolute atomic E-state index is 0. The normalized spacial score (nSPS) is 11.7. The Labute approximate surface area is 179 Å². The summed E-state index contributed by atoms with van der Waals surface area (Å²) in [5, 5.41) is 6.27. The summed E-state index contributed by atoms with van der Waals surface area (Å²) in [6, 6.07) is 20.6. The lowest BCUT2D eigenvalue weighted by atomic mass is 9.91. The van der Waals surface area contributed by atoms with Crippen molar-refractivity contribution in [2.45, 2.75) is 12.8 Å². The Kier molecular flexibility index (Phi) is 10.4. The average molecular weight is 501 g/mol. The van der Waals surface area contributed by atoms with Crippen LogP contribution in [0.4, 0.5) is 0 Å². The Bertz CT molecular complexity index is 757. The molecule has 148 valence electrons. The summed E-state index contributed by atoms with van der Waals surface area (Å²) in [6.07, 6.45) is 1.24. The van der Waals surface area contributed by atoms with E-state index in [1.54, 1.807) is 0 Å². The standard InChI is InChI=1S/C20H27N3O2S.HI/c1-3-21-20(22-14-15-26(2,24)25)23-16-19(17-10-6-4-7-11-17)18-12-8-5-9-13-18;/h4-13,19H,3,14-16H2,1-2H3,(H2,21,22,23);1H. The third kappa shape index (κ3) is 8.75. The molecule has 0 spiro atoms. The summed E-state index contributed by atoms with van der Waals surface area (Å²) in [5.41, 5.74) is 2.41. The van der Waals surface area contributed by atoms with Crippen LogP contribution >= 0.6 is 24.0 Å². The highest BCUT2D eigenvalue weighted by molar-refractivity contribution is 14.0. The van der Waals surface area contributed by atoms with E-state index in [2.05, 4.69) is 39.9 Å². The zero-order chi connectivity index (χ0) is 18.8. The third-order valence-electron chi connectivity index (χ3n) is 3.95. The number of nitrogens with zero attached hydrogens (tertiary/aromatic N) is 1. The van der Waals surface area contributed by atoms with Gasteiger partial charge in [0.1, 0.15) is 9.84 Å². The van der Waals surface area contributed by atoms with Gasteiger partial charge >= 0.3 is 0 Å². The molecular formula is C20H28IN3O2S. The van der Waals surface area contributed by atoms with Crippen molar-refractivity contribution >= 4 is 39.8 Å². The van der Waals surface area contributed by atoms with Crippen LogP contribution in [-0.2, 0) is 9.84 Å². The molecule has 2 aromatic rings. The molecule has 27 heavy (non-hydrogen) atoms. The molecule has 7 heteroatoms. The second-order valence-corrected chi connectivity index (χ2v) is 8.41. The molecule has 0 bridgehead atoms. The smallest absolute Gasteiger partial charge is 0.191 e. The van der Waals surface area contributed by atoms with Crippen molar-refractivity contribution in [2.75, 3.05) is 31.6 Å². The first-order chi connectivity index (χ1) is 12.5. The summed E-state index contributed by atoms with van der Waals surface area (Å²) in [7, 11) is -3.00. The van der Waals surface area contributed by atoms with Crippen LogP contribution in [0.25, 0.3) is 0 Å². The number of nitrogens with one attached hydrogen (secondary N) is 2. The van der Waals surface area contributed by atoms with E-state index in [0.29, 0.717) is 25.6 Å². The first-order valence-corrected chi connectivity index (χ1v) is 10.9. The molecule has 0 aliphatic carbocycles. The lowest BCUT2D eigenvalue weighted by Crippen LogP contribution is -2.39. The Hall–Kier alpha value is -1.61. The number of aliphatic imine (C=N–C) groups is 1. The number of rotatable bonds is 8. The van der Waals surface area contributed by atoms with Crippen LogP contribution in [-0.4, -0.2) is 46.0 Å². The van der Waals surface area contributed by atoms with Crippen molar-refractivity contribution in [3.8, 4) is 0 Å². The number of sulfone groups is 1. The average Bonchev–Trinajstić information content (AvgIpc) is 2.62. The zero-order valence-electron chi connectivity index (χ0n) is 15.8. The molecule has 0 amide bonds. The van der Waals surface area contributed by atoms with Crippen LogP contribution in [0.1, 0.15) is 24.0 Å². The van der Waals surface area contributed by atoms with Gasteiger partial charge in [-0.1, -0.05) is 60.7 Å². The van der Waals surface area contributed by atoms with Gasteiger partial charge in [-0.25, -0.2) is 8.42 Å². The highest BCUT2D eigenvalue weighted by atomic mass is 127. The molecule has 0 saturated heterocycles. The number of halogens is 1.